The lowest BCUT2D eigenvalue weighted by Gasteiger charge is -2.08. The lowest BCUT2D eigenvalue weighted by Crippen LogP contribution is -2.21. The molecule has 0 bridgehead atoms. The second-order valence-electron chi connectivity index (χ2n) is 4.73. The first kappa shape index (κ1) is 15.9. The fourth-order valence-electron chi connectivity index (χ4n) is 2.07. The number of rotatable bonds is 2. The molecule has 1 aromatic heterocycles. The third-order valence-electron chi connectivity index (χ3n) is 3.17. The number of nitrogens with one attached hydrogen (secondary N) is 2. The number of fused-ring (bicyclic) bond motifs is 1. The number of benzene rings is 2. The van der Waals surface area contributed by atoms with Crippen LogP contribution < -0.4 is 10.9 Å². The molecule has 1 amide bonds. The lowest BCUT2D eigenvalue weighted by molar-refractivity contribution is 0.102. The third kappa shape index (κ3) is 3.20. The Morgan fingerprint density at radius 3 is 2.65 bits per heavy atom. The van der Waals surface area contributed by atoms with Gasteiger partial charge in [-0.25, -0.2) is 0 Å². The van der Waals surface area contributed by atoms with E-state index in [-0.39, 0.29) is 16.1 Å². The van der Waals surface area contributed by atoms with Crippen molar-refractivity contribution in [3.05, 3.63) is 68.6 Å². The Bertz CT molecular complexity index is 983. The van der Waals surface area contributed by atoms with E-state index in [0.29, 0.717) is 26.7 Å². The molecule has 0 fully saturated rings. The van der Waals surface area contributed by atoms with E-state index < -0.39 is 5.91 Å². The van der Waals surface area contributed by atoms with Gasteiger partial charge in [-0.15, -0.1) is 0 Å². The number of halogens is 3. The maximum Gasteiger partial charge on any atom is 0.261 e. The van der Waals surface area contributed by atoms with Crippen molar-refractivity contribution in [3.63, 3.8) is 0 Å². The van der Waals surface area contributed by atoms with Crippen LogP contribution in [0.4, 0.5) is 5.69 Å². The maximum absolute atomic E-state index is 12.4. The van der Waals surface area contributed by atoms with Gasteiger partial charge in [0.05, 0.1) is 15.7 Å². The summed E-state index contributed by atoms with van der Waals surface area (Å²) in [5, 5.41) is 12.2. The van der Waals surface area contributed by atoms with Gasteiger partial charge in [0.15, 0.2) is 0 Å². The average molecular weight is 368 g/mol. The average Bonchev–Trinajstić information content (AvgIpc) is 2.51. The Hall–Kier alpha value is -2.01. The number of carbonyl (C=O) groups is 1. The molecule has 0 saturated heterocycles. The topological polar surface area (TPSA) is 66.1 Å². The Balaban J connectivity index is 2.02. The van der Waals surface area contributed by atoms with Gasteiger partial charge in [0.1, 0.15) is 11.1 Å². The van der Waals surface area contributed by atoms with Crippen molar-refractivity contribution >= 4 is 57.4 Å². The van der Waals surface area contributed by atoms with Gasteiger partial charge in [-0.1, -0.05) is 40.9 Å². The molecule has 0 saturated carbocycles. The number of amides is 1. The smallest absolute Gasteiger partial charge is 0.261 e. The molecule has 0 aliphatic heterocycles. The van der Waals surface area contributed by atoms with Gasteiger partial charge >= 0.3 is 0 Å². The zero-order chi connectivity index (χ0) is 16.6. The zero-order valence-corrected chi connectivity index (χ0v) is 13.8. The van der Waals surface area contributed by atoms with Crippen LogP contribution in [0.25, 0.3) is 11.0 Å². The maximum atomic E-state index is 12.4. The molecule has 3 aromatic rings. The van der Waals surface area contributed by atoms with Crippen molar-refractivity contribution in [2.24, 2.45) is 0 Å². The molecule has 2 aromatic carbocycles. The van der Waals surface area contributed by atoms with Gasteiger partial charge < -0.3 is 9.73 Å². The van der Waals surface area contributed by atoms with Crippen molar-refractivity contribution in [2.45, 2.75) is 0 Å². The van der Waals surface area contributed by atoms with E-state index in [4.69, 9.17) is 44.6 Å². The zero-order valence-electron chi connectivity index (χ0n) is 11.5. The minimum absolute atomic E-state index is 0.0656. The van der Waals surface area contributed by atoms with E-state index >= 15 is 0 Å². The molecule has 0 spiro atoms. The molecule has 0 unspecified atom stereocenters. The number of hydrogen-bond donors (Lipinski definition) is 2. The molecule has 1 heterocycles. The van der Waals surface area contributed by atoms with Gasteiger partial charge in [-0.3, -0.25) is 10.2 Å². The van der Waals surface area contributed by atoms with Crippen LogP contribution in [0.15, 0.2) is 46.9 Å². The first-order valence-electron chi connectivity index (χ1n) is 6.49. The fraction of sp³-hybridized carbons (Fsp3) is 0. The van der Waals surface area contributed by atoms with Crippen LogP contribution in [-0.4, -0.2) is 5.91 Å². The SMILES string of the molecule is N=c1oc2ccc(Cl)cc2cc1C(=O)Nc1cccc(Cl)c1Cl. The monoisotopic (exact) mass is 366 g/mol. The van der Waals surface area contributed by atoms with E-state index in [1.165, 1.54) is 0 Å². The molecule has 0 radical (unpaired) electrons. The summed E-state index contributed by atoms with van der Waals surface area (Å²) in [6.45, 7) is 0. The normalized spacial score (nSPS) is 10.7. The van der Waals surface area contributed by atoms with Crippen LogP contribution in [0.5, 0.6) is 0 Å². The van der Waals surface area contributed by atoms with E-state index in [2.05, 4.69) is 5.32 Å². The Morgan fingerprint density at radius 2 is 1.87 bits per heavy atom. The molecule has 0 aliphatic rings. The van der Waals surface area contributed by atoms with Gasteiger partial charge in [-0.05, 0) is 36.4 Å². The Kier molecular flexibility index (Phi) is 4.31. The van der Waals surface area contributed by atoms with E-state index in [1.54, 1.807) is 42.5 Å². The summed E-state index contributed by atoms with van der Waals surface area (Å²) < 4.78 is 5.35. The minimum atomic E-state index is -0.523. The van der Waals surface area contributed by atoms with Crippen molar-refractivity contribution in [3.8, 4) is 0 Å². The number of anilines is 1. The standard InChI is InChI=1S/C16H9Cl3N2O2/c17-9-4-5-13-8(6-9)7-10(15(20)23-13)16(22)21-12-3-1-2-11(18)14(12)19/h1-7,20H,(H,21,22). The summed E-state index contributed by atoms with van der Waals surface area (Å²) in [5.74, 6) is -0.523. The molecular formula is C16H9Cl3N2O2. The van der Waals surface area contributed by atoms with Crippen LogP contribution in [-0.2, 0) is 0 Å². The second-order valence-corrected chi connectivity index (χ2v) is 5.95. The summed E-state index contributed by atoms with van der Waals surface area (Å²) in [7, 11) is 0. The summed E-state index contributed by atoms with van der Waals surface area (Å²) in [5.41, 5.74) is 0.637. The first-order chi connectivity index (χ1) is 11.0. The van der Waals surface area contributed by atoms with Crippen LogP contribution in [0, 0.1) is 5.41 Å². The van der Waals surface area contributed by atoms with Gasteiger partial charge in [0.2, 0.25) is 5.55 Å². The molecule has 0 atom stereocenters. The second kappa shape index (κ2) is 6.24. The third-order valence-corrected chi connectivity index (χ3v) is 4.23. The highest BCUT2D eigenvalue weighted by Gasteiger charge is 2.14. The summed E-state index contributed by atoms with van der Waals surface area (Å²) in [4.78, 5) is 12.4. The molecule has 2 N–H and O–H groups in total. The van der Waals surface area contributed by atoms with Crippen LogP contribution in [0.2, 0.25) is 15.1 Å². The predicted molar refractivity (Wildman–Crippen MR) is 91.5 cm³/mol. The summed E-state index contributed by atoms with van der Waals surface area (Å²) >= 11 is 17.9. The quantitative estimate of drug-likeness (QED) is 0.660. The number of carbonyl (C=O) groups excluding carboxylic acids is 1. The lowest BCUT2D eigenvalue weighted by atomic mass is 10.1. The van der Waals surface area contributed by atoms with Crippen molar-refractivity contribution < 1.29 is 9.21 Å². The molecule has 7 heteroatoms. The van der Waals surface area contributed by atoms with Gasteiger partial charge in [0.25, 0.3) is 5.91 Å². The molecule has 3 rings (SSSR count). The Labute approximate surface area is 146 Å². The summed E-state index contributed by atoms with van der Waals surface area (Å²) in [6.07, 6.45) is 0. The van der Waals surface area contributed by atoms with Crippen molar-refractivity contribution in [1.29, 1.82) is 5.41 Å². The Morgan fingerprint density at radius 1 is 1.09 bits per heavy atom. The predicted octanol–water partition coefficient (Wildman–Crippen LogP) is 5.12. The highest BCUT2D eigenvalue weighted by Crippen LogP contribution is 2.29. The van der Waals surface area contributed by atoms with Crippen LogP contribution >= 0.6 is 34.8 Å². The molecule has 116 valence electrons. The van der Waals surface area contributed by atoms with E-state index in [1.807, 2.05) is 0 Å². The van der Waals surface area contributed by atoms with E-state index in [9.17, 15) is 4.79 Å². The van der Waals surface area contributed by atoms with Crippen molar-refractivity contribution in [2.75, 3.05) is 5.32 Å². The molecule has 0 aliphatic carbocycles. The first-order valence-corrected chi connectivity index (χ1v) is 7.62. The largest absolute Gasteiger partial charge is 0.438 e. The fourth-order valence-corrected chi connectivity index (χ4v) is 2.60. The summed E-state index contributed by atoms with van der Waals surface area (Å²) in [6, 6.07) is 11.4. The van der Waals surface area contributed by atoms with Gasteiger partial charge in [0, 0.05) is 10.4 Å². The van der Waals surface area contributed by atoms with Crippen LogP contribution in [0.1, 0.15) is 10.4 Å². The molecule has 23 heavy (non-hydrogen) atoms. The number of hydrogen-bond acceptors (Lipinski definition) is 3. The van der Waals surface area contributed by atoms with Crippen LogP contribution in [0.3, 0.4) is 0 Å². The molecule has 4 nitrogen and oxygen atoms in total. The van der Waals surface area contributed by atoms with Gasteiger partial charge in [-0.2, -0.15) is 0 Å². The highest BCUT2D eigenvalue weighted by atomic mass is 35.5. The molecular weight excluding hydrogens is 359 g/mol. The highest BCUT2D eigenvalue weighted by molar-refractivity contribution is 6.44. The van der Waals surface area contributed by atoms with E-state index in [0.717, 1.165) is 0 Å². The van der Waals surface area contributed by atoms with Crippen molar-refractivity contribution in [1.82, 2.24) is 0 Å². The minimum Gasteiger partial charge on any atom is -0.438 e.